The minimum absolute atomic E-state index is 0.294. The molecule has 2 aromatic carbocycles. The van der Waals surface area contributed by atoms with Crippen LogP contribution in [-0.4, -0.2) is 8.42 Å². The van der Waals surface area contributed by atoms with Crippen LogP contribution in [0.1, 0.15) is 11.1 Å². The smallest absolute Gasteiger partial charge is 0.262 e. The van der Waals surface area contributed by atoms with E-state index in [2.05, 4.69) is 4.72 Å². The fourth-order valence-corrected chi connectivity index (χ4v) is 2.96. The number of nitrogen functional groups attached to an aromatic ring is 1. The van der Waals surface area contributed by atoms with Crippen LogP contribution in [0.25, 0.3) is 0 Å². The molecule has 0 saturated heterocycles. The van der Waals surface area contributed by atoms with E-state index < -0.39 is 21.7 Å². The largest absolute Gasteiger partial charge is 0.398 e. The summed E-state index contributed by atoms with van der Waals surface area (Å²) in [6.07, 6.45) is 0. The second kappa shape index (κ2) is 5.33. The van der Waals surface area contributed by atoms with Crippen molar-refractivity contribution < 1.29 is 17.2 Å². The Morgan fingerprint density at radius 2 is 1.71 bits per heavy atom. The molecule has 0 amide bonds. The van der Waals surface area contributed by atoms with Crippen LogP contribution in [0.3, 0.4) is 0 Å². The molecule has 112 valence electrons. The van der Waals surface area contributed by atoms with E-state index in [1.807, 2.05) is 0 Å². The lowest BCUT2D eigenvalue weighted by molar-refractivity contribution is 0.504. The molecular weight excluding hydrogens is 298 g/mol. The lowest BCUT2D eigenvalue weighted by atomic mass is 10.1. The molecular formula is C14H14F2N2O2S. The summed E-state index contributed by atoms with van der Waals surface area (Å²) in [6, 6.07) is 5.63. The standard InChI is InChI=1S/C14H14F2N2O2S/c1-8-3-6-13(9(2)14(8)17)18-21(19,20)10-4-5-11(15)12(16)7-10/h3-7,18H,17H2,1-2H3. The highest BCUT2D eigenvalue weighted by atomic mass is 32.2. The van der Waals surface area contributed by atoms with E-state index in [0.717, 1.165) is 17.7 Å². The van der Waals surface area contributed by atoms with Crippen molar-refractivity contribution >= 4 is 21.4 Å². The van der Waals surface area contributed by atoms with E-state index in [9.17, 15) is 17.2 Å². The molecule has 0 saturated carbocycles. The molecule has 2 rings (SSSR count). The highest BCUT2D eigenvalue weighted by Gasteiger charge is 2.18. The molecule has 4 nitrogen and oxygen atoms in total. The number of hydrogen-bond acceptors (Lipinski definition) is 3. The minimum Gasteiger partial charge on any atom is -0.398 e. The van der Waals surface area contributed by atoms with Crippen LogP contribution in [0.15, 0.2) is 35.2 Å². The third-order valence-electron chi connectivity index (χ3n) is 3.18. The van der Waals surface area contributed by atoms with Crippen molar-refractivity contribution in [3.05, 3.63) is 53.1 Å². The van der Waals surface area contributed by atoms with E-state index in [1.54, 1.807) is 26.0 Å². The molecule has 3 N–H and O–H groups in total. The Kier molecular flexibility index (Phi) is 3.87. The Balaban J connectivity index is 2.42. The topological polar surface area (TPSA) is 72.2 Å². The number of sulfonamides is 1. The van der Waals surface area contributed by atoms with E-state index in [1.165, 1.54) is 0 Å². The van der Waals surface area contributed by atoms with Crippen LogP contribution in [0.5, 0.6) is 0 Å². The monoisotopic (exact) mass is 312 g/mol. The Labute approximate surface area is 121 Å². The SMILES string of the molecule is Cc1ccc(NS(=O)(=O)c2ccc(F)c(F)c2)c(C)c1N. The van der Waals surface area contributed by atoms with Gasteiger partial charge in [0.2, 0.25) is 0 Å². The molecule has 2 aromatic rings. The number of hydrogen-bond donors (Lipinski definition) is 2. The number of rotatable bonds is 3. The summed E-state index contributed by atoms with van der Waals surface area (Å²) in [5, 5.41) is 0. The van der Waals surface area contributed by atoms with Gasteiger partial charge < -0.3 is 5.73 Å². The molecule has 0 heterocycles. The lowest BCUT2D eigenvalue weighted by Gasteiger charge is -2.13. The Bertz CT molecular complexity index is 805. The first-order chi connectivity index (χ1) is 9.72. The van der Waals surface area contributed by atoms with Crippen LogP contribution in [0, 0.1) is 25.5 Å². The van der Waals surface area contributed by atoms with Crippen molar-refractivity contribution in [1.29, 1.82) is 0 Å². The van der Waals surface area contributed by atoms with Gasteiger partial charge in [-0.15, -0.1) is 0 Å². The molecule has 0 aliphatic heterocycles. The predicted octanol–water partition coefficient (Wildman–Crippen LogP) is 2.96. The van der Waals surface area contributed by atoms with Crippen molar-refractivity contribution in [2.45, 2.75) is 18.7 Å². The van der Waals surface area contributed by atoms with Gasteiger partial charge in [0, 0.05) is 5.69 Å². The van der Waals surface area contributed by atoms with Crippen LogP contribution in [0.4, 0.5) is 20.2 Å². The maximum Gasteiger partial charge on any atom is 0.262 e. The summed E-state index contributed by atoms with van der Waals surface area (Å²) in [7, 11) is -4.02. The highest BCUT2D eigenvalue weighted by Crippen LogP contribution is 2.26. The maximum atomic E-state index is 13.2. The lowest BCUT2D eigenvalue weighted by Crippen LogP contribution is -2.15. The first-order valence-corrected chi connectivity index (χ1v) is 7.54. The van der Waals surface area contributed by atoms with Gasteiger partial charge in [0.25, 0.3) is 10.0 Å². The van der Waals surface area contributed by atoms with Gasteiger partial charge in [0.1, 0.15) is 0 Å². The molecule has 0 spiro atoms. The van der Waals surface area contributed by atoms with Crippen molar-refractivity contribution in [3.8, 4) is 0 Å². The molecule has 0 aliphatic rings. The first kappa shape index (κ1) is 15.2. The summed E-state index contributed by atoms with van der Waals surface area (Å²) < 4.78 is 52.7. The molecule has 0 radical (unpaired) electrons. The summed E-state index contributed by atoms with van der Waals surface area (Å²) in [5.74, 6) is -2.33. The second-order valence-electron chi connectivity index (χ2n) is 4.65. The minimum atomic E-state index is -4.02. The van der Waals surface area contributed by atoms with Gasteiger partial charge >= 0.3 is 0 Å². The molecule has 0 aliphatic carbocycles. The molecule has 0 fully saturated rings. The van der Waals surface area contributed by atoms with Crippen LogP contribution in [0.2, 0.25) is 0 Å². The van der Waals surface area contributed by atoms with Crippen molar-refractivity contribution in [3.63, 3.8) is 0 Å². The number of nitrogens with two attached hydrogens (primary N) is 1. The number of benzene rings is 2. The van der Waals surface area contributed by atoms with Crippen molar-refractivity contribution in [2.75, 3.05) is 10.5 Å². The van der Waals surface area contributed by atoms with Crippen LogP contribution < -0.4 is 10.5 Å². The maximum absolute atomic E-state index is 13.2. The third-order valence-corrected chi connectivity index (χ3v) is 4.54. The van der Waals surface area contributed by atoms with Crippen LogP contribution in [-0.2, 0) is 10.0 Å². The summed E-state index contributed by atoms with van der Waals surface area (Å²) in [5.41, 5.74) is 8.00. The Morgan fingerprint density at radius 3 is 2.33 bits per heavy atom. The molecule has 21 heavy (non-hydrogen) atoms. The second-order valence-corrected chi connectivity index (χ2v) is 6.33. The normalized spacial score (nSPS) is 11.4. The van der Waals surface area contributed by atoms with E-state index in [4.69, 9.17) is 5.73 Å². The quantitative estimate of drug-likeness (QED) is 0.856. The zero-order valence-corrected chi connectivity index (χ0v) is 12.3. The first-order valence-electron chi connectivity index (χ1n) is 6.06. The average Bonchev–Trinajstić information content (AvgIpc) is 2.42. The Hall–Kier alpha value is -2.15. The van der Waals surface area contributed by atoms with Gasteiger partial charge in [-0.05, 0) is 49.2 Å². The molecule has 0 aromatic heterocycles. The van der Waals surface area contributed by atoms with Crippen LogP contribution >= 0.6 is 0 Å². The molecule has 0 unspecified atom stereocenters. The van der Waals surface area contributed by atoms with Crippen molar-refractivity contribution in [2.24, 2.45) is 0 Å². The number of aryl methyl sites for hydroxylation is 1. The fourth-order valence-electron chi connectivity index (χ4n) is 1.82. The number of anilines is 2. The zero-order chi connectivity index (χ0) is 15.8. The summed E-state index contributed by atoms with van der Waals surface area (Å²) in [6.45, 7) is 3.47. The number of nitrogens with one attached hydrogen (secondary N) is 1. The predicted molar refractivity (Wildman–Crippen MR) is 77.5 cm³/mol. The summed E-state index contributed by atoms with van der Waals surface area (Å²) in [4.78, 5) is -0.361. The van der Waals surface area contributed by atoms with Gasteiger partial charge in [-0.2, -0.15) is 0 Å². The van der Waals surface area contributed by atoms with Gasteiger partial charge in [-0.3, -0.25) is 4.72 Å². The fraction of sp³-hybridized carbons (Fsp3) is 0.143. The molecule has 0 atom stereocenters. The average molecular weight is 312 g/mol. The number of halogens is 2. The van der Waals surface area contributed by atoms with E-state index in [0.29, 0.717) is 23.0 Å². The molecule has 7 heteroatoms. The van der Waals surface area contributed by atoms with E-state index in [-0.39, 0.29) is 4.90 Å². The highest BCUT2D eigenvalue weighted by molar-refractivity contribution is 7.92. The molecule has 0 bridgehead atoms. The zero-order valence-electron chi connectivity index (χ0n) is 11.4. The van der Waals surface area contributed by atoms with Gasteiger partial charge in [0.05, 0.1) is 10.6 Å². The van der Waals surface area contributed by atoms with Gasteiger partial charge in [-0.1, -0.05) is 6.07 Å². The van der Waals surface area contributed by atoms with Crippen molar-refractivity contribution in [1.82, 2.24) is 0 Å². The van der Waals surface area contributed by atoms with E-state index >= 15 is 0 Å². The van der Waals surface area contributed by atoms with Gasteiger partial charge in [0.15, 0.2) is 11.6 Å². The summed E-state index contributed by atoms with van der Waals surface area (Å²) >= 11 is 0. The van der Waals surface area contributed by atoms with Gasteiger partial charge in [-0.25, -0.2) is 17.2 Å². The Morgan fingerprint density at radius 1 is 1.05 bits per heavy atom. The third kappa shape index (κ3) is 2.97.